The van der Waals surface area contributed by atoms with Crippen LogP contribution in [0, 0.1) is 47.3 Å². The van der Waals surface area contributed by atoms with Crippen LogP contribution in [0.5, 0.6) is 0 Å². The van der Waals surface area contributed by atoms with Crippen LogP contribution in [-0.2, 0) is 15.8 Å². The summed E-state index contributed by atoms with van der Waals surface area (Å²) in [4.78, 5) is 9.00. The van der Waals surface area contributed by atoms with Gasteiger partial charge < -0.3 is 10.2 Å². The molecule has 272 valence electrons. The van der Waals surface area contributed by atoms with Crippen molar-refractivity contribution >= 4 is 37.8 Å². The molecule has 0 radical (unpaired) electrons. The van der Waals surface area contributed by atoms with Gasteiger partial charge in [0.05, 0.1) is 5.60 Å². The van der Waals surface area contributed by atoms with Crippen molar-refractivity contribution in [3.8, 4) is 22.3 Å². The van der Waals surface area contributed by atoms with Crippen molar-refractivity contribution in [2.45, 2.75) is 89.6 Å². The Morgan fingerprint density at radius 1 is 0.538 bits per heavy atom. The van der Waals surface area contributed by atoms with Crippen LogP contribution in [0.3, 0.4) is 0 Å². The largest absolute Gasteiger partial charge is 0.481 e. The molecule has 0 aliphatic heterocycles. The maximum absolute atomic E-state index is 12.0. The standard InChI is InChI=1S/C22H23BrO.C22H21Br.C2H4O2.CH4/c23-21-8-4-2-6-19(21)18-5-1-3-7-20(18)22(24)16-10-14-9-15(12-16)13-17(22)11-14;23-20-7-3-6-19-21(20)17-4-1-2-5-18(17)22(19)15-9-13-8-14(11-15)12-16(22)10-13;1-2(3)4;/h1-8,14-17,24H,9-13H2;1-7,13-16H,8-12H2;1H3,(H,3,4);1H4. The number of aliphatic carboxylic acids is 1. The summed E-state index contributed by atoms with van der Waals surface area (Å²) in [6, 6.07) is 33.2. The Morgan fingerprint density at radius 3 is 1.48 bits per heavy atom. The summed E-state index contributed by atoms with van der Waals surface area (Å²) < 4.78 is 2.39. The Bertz CT molecular complexity index is 1920. The van der Waals surface area contributed by atoms with E-state index in [1.165, 1.54) is 90.9 Å². The molecule has 0 saturated heterocycles. The first-order chi connectivity index (χ1) is 24.7. The average molecular weight is 825 g/mol. The van der Waals surface area contributed by atoms with E-state index in [0.717, 1.165) is 52.5 Å². The lowest BCUT2D eigenvalue weighted by Crippen LogP contribution is -2.55. The molecule has 0 aromatic heterocycles. The highest BCUT2D eigenvalue weighted by Gasteiger charge is 2.62. The highest BCUT2D eigenvalue weighted by Crippen LogP contribution is 2.70. The lowest BCUT2D eigenvalue weighted by Gasteiger charge is -2.61. The topological polar surface area (TPSA) is 57.5 Å². The Morgan fingerprint density at radius 2 is 0.942 bits per heavy atom. The van der Waals surface area contributed by atoms with E-state index in [0.29, 0.717) is 17.3 Å². The number of hydrogen-bond donors (Lipinski definition) is 2. The molecule has 3 nitrogen and oxygen atoms in total. The summed E-state index contributed by atoms with van der Waals surface area (Å²) in [5.41, 5.74) is 9.51. The van der Waals surface area contributed by atoms with Crippen molar-refractivity contribution in [2.24, 2.45) is 47.3 Å². The molecule has 52 heavy (non-hydrogen) atoms. The third kappa shape index (κ3) is 5.61. The predicted octanol–water partition coefficient (Wildman–Crippen LogP) is 12.7. The van der Waals surface area contributed by atoms with E-state index in [9.17, 15) is 5.11 Å². The monoisotopic (exact) mass is 822 g/mol. The zero-order valence-corrected chi connectivity index (χ0v) is 32.6. The van der Waals surface area contributed by atoms with Gasteiger partial charge in [0.2, 0.25) is 0 Å². The minimum atomic E-state index is -0.833. The first-order valence-electron chi connectivity index (χ1n) is 19.3. The maximum Gasteiger partial charge on any atom is 0.300 e. The molecule has 0 unspecified atom stereocenters. The lowest BCUT2D eigenvalue weighted by atomic mass is 9.43. The van der Waals surface area contributed by atoms with Gasteiger partial charge in [-0.15, -0.1) is 0 Å². The van der Waals surface area contributed by atoms with Crippen LogP contribution in [0.1, 0.15) is 95.2 Å². The molecule has 8 saturated carbocycles. The molecule has 4 aromatic rings. The van der Waals surface area contributed by atoms with Gasteiger partial charge in [-0.25, -0.2) is 0 Å². The van der Waals surface area contributed by atoms with Crippen molar-refractivity contribution < 1.29 is 15.0 Å². The second-order valence-electron chi connectivity index (χ2n) is 17.1. The third-order valence-electron chi connectivity index (χ3n) is 14.4. The van der Waals surface area contributed by atoms with Gasteiger partial charge in [-0.05, 0) is 157 Å². The quantitative estimate of drug-likeness (QED) is 0.212. The van der Waals surface area contributed by atoms with Crippen LogP contribution in [-0.4, -0.2) is 16.2 Å². The molecule has 5 heteroatoms. The predicted molar refractivity (Wildman–Crippen MR) is 218 cm³/mol. The molecule has 9 aliphatic carbocycles. The lowest BCUT2D eigenvalue weighted by molar-refractivity contribution is -0.179. The summed E-state index contributed by atoms with van der Waals surface area (Å²) in [6.07, 6.45) is 13.7. The van der Waals surface area contributed by atoms with Gasteiger partial charge in [-0.1, -0.05) is 118 Å². The van der Waals surface area contributed by atoms with Gasteiger partial charge in [0.15, 0.2) is 0 Å². The molecule has 0 heterocycles. The zero-order valence-electron chi connectivity index (χ0n) is 29.4. The molecular weight excluding hydrogens is 772 g/mol. The number of hydrogen-bond acceptors (Lipinski definition) is 2. The van der Waals surface area contributed by atoms with Crippen LogP contribution in [0.15, 0.2) is 99.9 Å². The number of aliphatic hydroxyl groups is 1. The zero-order chi connectivity index (χ0) is 35.1. The number of rotatable bonds is 2. The Kier molecular flexibility index (Phi) is 9.65. The summed E-state index contributed by atoms with van der Waals surface area (Å²) >= 11 is 7.57. The average Bonchev–Trinajstić information content (AvgIpc) is 3.41. The van der Waals surface area contributed by atoms with Gasteiger partial charge in [0.25, 0.3) is 5.97 Å². The molecule has 8 fully saturated rings. The molecule has 0 atom stereocenters. The fraction of sp³-hybridized carbons (Fsp3) is 0.468. The summed E-state index contributed by atoms with van der Waals surface area (Å²) in [6.45, 7) is 1.08. The van der Waals surface area contributed by atoms with E-state index in [1.54, 1.807) is 11.1 Å². The SMILES string of the molecule is Brc1cccc2c1-c1ccccc1C21C2CC3CC(C2)CC1C3.C.CC(=O)O.OC1(c2ccccc2-c2ccccc2Br)C2CC3CC(C2)CC1C3. The van der Waals surface area contributed by atoms with Crippen LogP contribution in [0.25, 0.3) is 22.3 Å². The van der Waals surface area contributed by atoms with Gasteiger partial charge in [0.1, 0.15) is 0 Å². The fourth-order valence-electron chi connectivity index (χ4n) is 13.2. The molecule has 9 aliphatic rings. The van der Waals surface area contributed by atoms with Crippen LogP contribution >= 0.6 is 31.9 Å². The van der Waals surface area contributed by atoms with Gasteiger partial charge in [0, 0.05) is 26.8 Å². The van der Waals surface area contributed by atoms with E-state index in [-0.39, 0.29) is 7.43 Å². The highest BCUT2D eigenvalue weighted by atomic mass is 79.9. The van der Waals surface area contributed by atoms with Crippen molar-refractivity contribution in [2.75, 3.05) is 0 Å². The number of carboxylic acid groups (broad SMARTS) is 1. The summed E-state index contributed by atoms with van der Waals surface area (Å²) in [5.74, 6) is 5.56. The van der Waals surface area contributed by atoms with Crippen LogP contribution in [0.4, 0.5) is 0 Å². The fourth-order valence-corrected chi connectivity index (χ4v) is 14.3. The first-order valence-corrected chi connectivity index (χ1v) is 20.9. The van der Waals surface area contributed by atoms with E-state index < -0.39 is 11.6 Å². The van der Waals surface area contributed by atoms with Gasteiger partial charge in [-0.2, -0.15) is 0 Å². The van der Waals surface area contributed by atoms with Crippen LogP contribution in [0.2, 0.25) is 0 Å². The van der Waals surface area contributed by atoms with Gasteiger partial charge in [-0.3, -0.25) is 4.79 Å². The number of carbonyl (C=O) groups is 1. The van der Waals surface area contributed by atoms with Gasteiger partial charge >= 0.3 is 0 Å². The Balaban J connectivity index is 0.000000133. The molecule has 1 spiro atoms. The van der Waals surface area contributed by atoms with Crippen molar-refractivity contribution in [1.82, 2.24) is 0 Å². The molecule has 0 amide bonds. The minimum absolute atomic E-state index is 0. The van der Waals surface area contributed by atoms with Crippen molar-refractivity contribution in [3.63, 3.8) is 0 Å². The Labute approximate surface area is 326 Å². The van der Waals surface area contributed by atoms with Crippen molar-refractivity contribution in [1.29, 1.82) is 0 Å². The molecule has 13 rings (SSSR count). The molecular formula is C47H52Br2O3. The van der Waals surface area contributed by atoms with E-state index >= 15 is 0 Å². The summed E-state index contributed by atoms with van der Waals surface area (Å²) in [5, 5.41) is 19.4. The number of carboxylic acids is 1. The maximum atomic E-state index is 12.0. The van der Waals surface area contributed by atoms with Crippen LogP contribution < -0.4 is 0 Å². The number of fused-ring (bicyclic) bond motifs is 3. The number of halogens is 2. The second kappa shape index (κ2) is 13.8. The minimum Gasteiger partial charge on any atom is -0.481 e. The number of benzene rings is 4. The smallest absolute Gasteiger partial charge is 0.300 e. The summed E-state index contributed by atoms with van der Waals surface area (Å²) in [7, 11) is 0. The van der Waals surface area contributed by atoms with E-state index in [4.69, 9.17) is 9.90 Å². The highest BCUT2D eigenvalue weighted by molar-refractivity contribution is 9.11. The molecule has 8 bridgehead atoms. The normalized spacial score (nSPS) is 34.7. The van der Waals surface area contributed by atoms with Crippen molar-refractivity contribution in [3.05, 3.63) is 117 Å². The van der Waals surface area contributed by atoms with E-state index in [2.05, 4.69) is 117 Å². The third-order valence-corrected chi connectivity index (χ3v) is 15.8. The molecule has 2 N–H and O–H groups in total. The Hall–Kier alpha value is -2.73. The second-order valence-corrected chi connectivity index (χ2v) is 18.8. The first kappa shape index (κ1) is 36.3. The molecule has 4 aromatic carbocycles. The van der Waals surface area contributed by atoms with E-state index in [1.807, 2.05) is 6.07 Å².